The topological polar surface area (TPSA) is 59.2 Å². The molecule has 1 aromatic heterocycles. The lowest BCUT2D eigenvalue weighted by Gasteiger charge is -2.35. The van der Waals surface area contributed by atoms with Gasteiger partial charge in [0, 0.05) is 18.5 Å². The normalized spacial score (nSPS) is 25.8. The van der Waals surface area contributed by atoms with E-state index in [0.717, 1.165) is 24.0 Å². The molecule has 0 aromatic carbocycles. The molecule has 4 heteroatoms. The smallest absolute Gasteiger partial charge is 0.355 e. The van der Waals surface area contributed by atoms with Crippen LogP contribution in [-0.4, -0.2) is 23.3 Å². The summed E-state index contributed by atoms with van der Waals surface area (Å²) in [6.45, 7) is 2.14. The third kappa shape index (κ3) is 1.43. The van der Waals surface area contributed by atoms with Gasteiger partial charge in [-0.2, -0.15) is 0 Å². The van der Waals surface area contributed by atoms with Gasteiger partial charge in [0.2, 0.25) is 0 Å². The first-order chi connectivity index (χ1) is 8.22. The van der Waals surface area contributed by atoms with Gasteiger partial charge in [-0.25, -0.2) is 4.79 Å². The second kappa shape index (κ2) is 3.72. The Balaban J connectivity index is 2.05. The lowest BCUT2D eigenvalue weighted by atomic mass is 9.67. The van der Waals surface area contributed by atoms with E-state index in [-0.39, 0.29) is 17.7 Å². The Morgan fingerprint density at radius 3 is 3.06 bits per heavy atom. The Kier molecular flexibility index (Phi) is 2.31. The molecule has 3 aliphatic carbocycles. The van der Waals surface area contributed by atoms with Gasteiger partial charge >= 0.3 is 5.97 Å². The van der Waals surface area contributed by atoms with E-state index in [1.165, 1.54) is 0 Å². The van der Waals surface area contributed by atoms with Gasteiger partial charge in [-0.15, -0.1) is 0 Å². The highest BCUT2D eigenvalue weighted by atomic mass is 16.5. The van der Waals surface area contributed by atoms with Crippen molar-refractivity contribution in [3.05, 3.63) is 23.0 Å². The number of H-pyrrole nitrogens is 1. The van der Waals surface area contributed by atoms with E-state index in [9.17, 15) is 9.59 Å². The third-order valence-electron chi connectivity index (χ3n) is 3.86. The number of ketones is 1. The number of Topliss-reactive ketones (excluding diaryl/α,β-unsaturated/α-hetero) is 1. The zero-order valence-corrected chi connectivity index (χ0v) is 9.79. The van der Waals surface area contributed by atoms with Gasteiger partial charge < -0.3 is 9.72 Å². The van der Waals surface area contributed by atoms with E-state index in [1.54, 1.807) is 6.92 Å². The Bertz CT molecular complexity index is 489. The van der Waals surface area contributed by atoms with Crippen molar-refractivity contribution in [2.24, 2.45) is 0 Å². The molecule has 1 N–H and O–H groups in total. The fourth-order valence-electron chi connectivity index (χ4n) is 3.12. The number of aromatic amines is 1. The van der Waals surface area contributed by atoms with Crippen molar-refractivity contribution in [1.82, 2.24) is 4.98 Å². The van der Waals surface area contributed by atoms with Crippen LogP contribution in [0.15, 0.2) is 6.20 Å². The predicted molar refractivity (Wildman–Crippen MR) is 61.1 cm³/mol. The molecule has 90 valence electrons. The summed E-state index contributed by atoms with van der Waals surface area (Å²) in [5.41, 5.74) is 2.56. The van der Waals surface area contributed by atoms with Gasteiger partial charge in [-0.3, -0.25) is 4.79 Å². The summed E-state index contributed by atoms with van der Waals surface area (Å²) in [5.74, 6) is 0.163. The highest BCUT2D eigenvalue weighted by molar-refractivity contribution is 5.96. The van der Waals surface area contributed by atoms with Gasteiger partial charge in [0.25, 0.3) is 0 Å². The third-order valence-corrected chi connectivity index (χ3v) is 3.86. The van der Waals surface area contributed by atoms with Crippen LogP contribution < -0.4 is 0 Å². The number of rotatable bonds is 2. The fraction of sp³-hybridized carbons (Fsp3) is 0.538. The van der Waals surface area contributed by atoms with E-state index in [0.29, 0.717) is 24.6 Å². The van der Waals surface area contributed by atoms with E-state index < -0.39 is 0 Å². The molecule has 4 rings (SSSR count). The quantitative estimate of drug-likeness (QED) is 0.796. The van der Waals surface area contributed by atoms with E-state index in [4.69, 9.17) is 4.74 Å². The van der Waals surface area contributed by atoms with Crippen molar-refractivity contribution in [2.75, 3.05) is 6.61 Å². The highest BCUT2D eigenvalue weighted by Crippen LogP contribution is 2.48. The Morgan fingerprint density at radius 2 is 2.35 bits per heavy atom. The number of carbonyl (C=O) groups excluding carboxylic acids is 2. The first-order valence-electron chi connectivity index (χ1n) is 6.13. The molecular formula is C13H15NO3. The molecule has 1 aromatic rings. The minimum atomic E-state index is -0.339. The second-order valence-corrected chi connectivity index (χ2v) is 4.75. The van der Waals surface area contributed by atoms with Crippen LogP contribution in [-0.2, 0) is 9.53 Å². The average Bonchev–Trinajstić information content (AvgIpc) is 2.76. The largest absolute Gasteiger partial charge is 0.461 e. The maximum atomic E-state index is 11.9. The lowest BCUT2D eigenvalue weighted by Crippen LogP contribution is -2.30. The van der Waals surface area contributed by atoms with Crippen LogP contribution in [0.25, 0.3) is 0 Å². The number of aromatic nitrogens is 1. The molecule has 0 spiro atoms. The molecule has 4 nitrogen and oxygen atoms in total. The maximum absolute atomic E-state index is 11.9. The van der Waals surface area contributed by atoms with E-state index in [2.05, 4.69) is 4.98 Å². The molecular weight excluding hydrogens is 218 g/mol. The number of hydrogen-bond donors (Lipinski definition) is 1. The predicted octanol–water partition coefficient (Wildman–Crippen LogP) is 2.13. The minimum Gasteiger partial charge on any atom is -0.461 e. The molecule has 1 fully saturated rings. The van der Waals surface area contributed by atoms with Crippen molar-refractivity contribution in [1.29, 1.82) is 0 Å². The number of carbonyl (C=O) groups is 2. The molecule has 2 unspecified atom stereocenters. The Hall–Kier alpha value is -1.58. The summed E-state index contributed by atoms with van der Waals surface area (Å²) >= 11 is 0. The molecule has 0 aliphatic heterocycles. The SMILES string of the molecule is CCOC(=O)c1[nH]cc2c1C1CCC2CC1=O. The van der Waals surface area contributed by atoms with Crippen LogP contribution in [0.3, 0.4) is 0 Å². The fourth-order valence-corrected chi connectivity index (χ4v) is 3.12. The van der Waals surface area contributed by atoms with E-state index >= 15 is 0 Å². The average molecular weight is 233 g/mol. The van der Waals surface area contributed by atoms with Crippen LogP contribution in [0.5, 0.6) is 0 Å². The summed E-state index contributed by atoms with van der Waals surface area (Å²) < 4.78 is 5.01. The van der Waals surface area contributed by atoms with Gasteiger partial charge in [-0.1, -0.05) is 0 Å². The Morgan fingerprint density at radius 1 is 1.53 bits per heavy atom. The molecule has 17 heavy (non-hydrogen) atoms. The zero-order chi connectivity index (χ0) is 12.0. The van der Waals surface area contributed by atoms with Crippen molar-refractivity contribution >= 4 is 11.8 Å². The lowest BCUT2D eigenvalue weighted by molar-refractivity contribution is -0.123. The minimum absolute atomic E-state index is 0.0827. The van der Waals surface area contributed by atoms with Gasteiger partial charge in [0.05, 0.1) is 6.61 Å². The van der Waals surface area contributed by atoms with Crippen molar-refractivity contribution < 1.29 is 14.3 Å². The zero-order valence-electron chi connectivity index (χ0n) is 9.79. The van der Waals surface area contributed by atoms with Crippen LogP contribution in [0.1, 0.15) is 59.6 Å². The first-order valence-corrected chi connectivity index (χ1v) is 6.13. The summed E-state index contributed by atoms with van der Waals surface area (Å²) in [6, 6.07) is 0. The van der Waals surface area contributed by atoms with Crippen LogP contribution in [0.2, 0.25) is 0 Å². The van der Waals surface area contributed by atoms with Crippen molar-refractivity contribution in [2.45, 2.75) is 38.0 Å². The van der Waals surface area contributed by atoms with Crippen LogP contribution in [0, 0.1) is 0 Å². The molecule has 0 radical (unpaired) electrons. The van der Waals surface area contributed by atoms with Crippen LogP contribution in [0.4, 0.5) is 0 Å². The summed E-state index contributed by atoms with van der Waals surface area (Å²) in [5, 5.41) is 0. The van der Waals surface area contributed by atoms with Gasteiger partial charge in [0.15, 0.2) is 0 Å². The van der Waals surface area contributed by atoms with Gasteiger partial charge in [-0.05, 0) is 36.8 Å². The molecule has 1 heterocycles. The summed E-state index contributed by atoms with van der Waals surface area (Å²) in [6.07, 6.45) is 4.45. The molecule has 0 saturated heterocycles. The number of esters is 1. The number of ether oxygens (including phenoxy) is 1. The standard InChI is InChI=1S/C13H15NO3/c1-2-17-13(16)12-11-8-4-3-7(5-10(8)15)9(11)6-14-12/h6-8,14H,2-5H2,1H3. The monoisotopic (exact) mass is 233 g/mol. The maximum Gasteiger partial charge on any atom is 0.355 e. The first kappa shape index (κ1) is 10.6. The van der Waals surface area contributed by atoms with Crippen LogP contribution >= 0.6 is 0 Å². The second-order valence-electron chi connectivity index (χ2n) is 4.75. The molecule has 0 amide bonds. The molecule has 2 bridgehead atoms. The molecule has 1 saturated carbocycles. The summed E-state index contributed by atoms with van der Waals surface area (Å²) in [4.78, 5) is 26.7. The number of fused-ring (bicyclic) bond motifs is 2. The highest BCUT2D eigenvalue weighted by Gasteiger charge is 2.42. The number of nitrogens with one attached hydrogen (secondary N) is 1. The summed E-state index contributed by atoms with van der Waals surface area (Å²) in [7, 11) is 0. The van der Waals surface area contributed by atoms with Crippen molar-refractivity contribution in [3.63, 3.8) is 0 Å². The van der Waals surface area contributed by atoms with Gasteiger partial charge in [0.1, 0.15) is 11.5 Å². The van der Waals surface area contributed by atoms with Crippen molar-refractivity contribution in [3.8, 4) is 0 Å². The number of hydrogen-bond acceptors (Lipinski definition) is 3. The molecule has 3 aliphatic rings. The van der Waals surface area contributed by atoms with E-state index in [1.807, 2.05) is 6.20 Å². The Labute approximate surface area is 99.3 Å². The molecule has 2 atom stereocenters.